The van der Waals surface area contributed by atoms with Crippen molar-refractivity contribution in [1.82, 2.24) is 0 Å². The van der Waals surface area contributed by atoms with Gasteiger partial charge in [-0.05, 0) is 11.5 Å². The standard InChI is InChI=1S/C13H16O4/c1-13(2,3)8-6-9-7(4-5-17-9)10(11(8)14)12(15)16/h6,14H,4-5H2,1-3H3,(H,15,16). The average molecular weight is 236 g/mol. The fourth-order valence-electron chi connectivity index (χ4n) is 2.13. The average Bonchev–Trinajstić information content (AvgIpc) is 2.61. The third kappa shape index (κ3) is 1.84. The van der Waals surface area contributed by atoms with Crippen molar-refractivity contribution in [2.45, 2.75) is 32.6 Å². The van der Waals surface area contributed by atoms with E-state index in [1.807, 2.05) is 20.8 Å². The molecule has 0 saturated carbocycles. The highest BCUT2D eigenvalue weighted by molar-refractivity contribution is 5.94. The van der Waals surface area contributed by atoms with Crippen molar-refractivity contribution in [3.05, 3.63) is 22.8 Å². The molecule has 0 atom stereocenters. The van der Waals surface area contributed by atoms with E-state index in [-0.39, 0.29) is 16.7 Å². The van der Waals surface area contributed by atoms with E-state index in [0.29, 0.717) is 29.9 Å². The van der Waals surface area contributed by atoms with Crippen LogP contribution in [0.1, 0.15) is 42.3 Å². The Morgan fingerprint density at radius 1 is 1.41 bits per heavy atom. The second-order valence-electron chi connectivity index (χ2n) is 5.28. The summed E-state index contributed by atoms with van der Waals surface area (Å²) in [6.07, 6.45) is 0.537. The van der Waals surface area contributed by atoms with Crippen LogP contribution in [-0.4, -0.2) is 22.8 Å². The van der Waals surface area contributed by atoms with Crippen LogP contribution in [-0.2, 0) is 11.8 Å². The monoisotopic (exact) mass is 236 g/mol. The summed E-state index contributed by atoms with van der Waals surface area (Å²) in [5, 5.41) is 19.3. The Bertz CT molecular complexity index is 483. The molecule has 0 amide bonds. The predicted molar refractivity (Wildman–Crippen MR) is 63.0 cm³/mol. The summed E-state index contributed by atoms with van der Waals surface area (Å²) in [6, 6.07) is 1.75. The van der Waals surface area contributed by atoms with Gasteiger partial charge in [-0.3, -0.25) is 0 Å². The van der Waals surface area contributed by atoms with Crippen LogP contribution >= 0.6 is 0 Å². The summed E-state index contributed by atoms with van der Waals surface area (Å²) in [5.41, 5.74) is 0.874. The van der Waals surface area contributed by atoms with Gasteiger partial charge in [0.05, 0.1) is 6.61 Å². The fourth-order valence-corrected chi connectivity index (χ4v) is 2.13. The van der Waals surface area contributed by atoms with Crippen molar-refractivity contribution in [2.24, 2.45) is 0 Å². The largest absolute Gasteiger partial charge is 0.507 e. The lowest BCUT2D eigenvalue weighted by Gasteiger charge is -2.22. The molecule has 0 bridgehead atoms. The Kier molecular flexibility index (Phi) is 2.53. The van der Waals surface area contributed by atoms with Crippen LogP contribution in [0.25, 0.3) is 0 Å². The van der Waals surface area contributed by atoms with E-state index in [1.165, 1.54) is 0 Å². The van der Waals surface area contributed by atoms with Crippen LogP contribution in [0.2, 0.25) is 0 Å². The maximum absolute atomic E-state index is 11.2. The molecule has 2 rings (SSSR count). The zero-order valence-electron chi connectivity index (χ0n) is 10.2. The van der Waals surface area contributed by atoms with Crippen molar-refractivity contribution in [2.75, 3.05) is 6.61 Å². The molecule has 1 aromatic carbocycles. The molecule has 92 valence electrons. The number of aromatic hydroxyl groups is 1. The van der Waals surface area contributed by atoms with Crippen LogP contribution < -0.4 is 4.74 Å². The summed E-state index contributed by atoms with van der Waals surface area (Å²) >= 11 is 0. The molecule has 4 nitrogen and oxygen atoms in total. The molecule has 17 heavy (non-hydrogen) atoms. The molecule has 0 aliphatic carbocycles. The Balaban J connectivity index is 2.74. The Labute approximate surface area is 99.8 Å². The van der Waals surface area contributed by atoms with Crippen LogP contribution in [0, 0.1) is 0 Å². The van der Waals surface area contributed by atoms with Gasteiger partial charge in [0.15, 0.2) is 0 Å². The van der Waals surface area contributed by atoms with Gasteiger partial charge in [0, 0.05) is 17.5 Å². The lowest BCUT2D eigenvalue weighted by Crippen LogP contribution is -2.14. The summed E-state index contributed by atoms with van der Waals surface area (Å²) < 4.78 is 5.41. The quantitative estimate of drug-likeness (QED) is 0.785. The molecule has 4 heteroatoms. The van der Waals surface area contributed by atoms with Crippen LogP contribution in [0.15, 0.2) is 6.07 Å². The van der Waals surface area contributed by atoms with Crippen LogP contribution in [0.3, 0.4) is 0 Å². The molecule has 1 aliphatic heterocycles. The van der Waals surface area contributed by atoms with Gasteiger partial charge < -0.3 is 14.9 Å². The number of carboxylic acids is 1. The van der Waals surface area contributed by atoms with Gasteiger partial charge in [-0.15, -0.1) is 0 Å². The van der Waals surface area contributed by atoms with Gasteiger partial charge in [-0.25, -0.2) is 4.79 Å². The molecule has 0 fully saturated rings. The predicted octanol–water partition coefficient (Wildman–Crippen LogP) is 2.32. The van der Waals surface area contributed by atoms with E-state index >= 15 is 0 Å². The van der Waals surface area contributed by atoms with Crippen molar-refractivity contribution in [3.8, 4) is 11.5 Å². The van der Waals surface area contributed by atoms with Crippen LogP contribution in [0.5, 0.6) is 11.5 Å². The molecule has 0 aromatic heterocycles. The van der Waals surface area contributed by atoms with E-state index in [2.05, 4.69) is 0 Å². The van der Waals surface area contributed by atoms with Crippen molar-refractivity contribution in [1.29, 1.82) is 0 Å². The Morgan fingerprint density at radius 3 is 2.59 bits per heavy atom. The van der Waals surface area contributed by atoms with Crippen LogP contribution in [0.4, 0.5) is 0 Å². The van der Waals surface area contributed by atoms with E-state index in [4.69, 9.17) is 4.74 Å². The summed E-state index contributed by atoms with van der Waals surface area (Å²) in [7, 11) is 0. The van der Waals surface area contributed by atoms with E-state index < -0.39 is 5.97 Å². The number of benzene rings is 1. The summed E-state index contributed by atoms with van der Waals surface area (Å²) in [5.74, 6) is -0.644. The fraction of sp³-hybridized carbons (Fsp3) is 0.462. The highest BCUT2D eigenvalue weighted by Crippen LogP contribution is 2.41. The van der Waals surface area contributed by atoms with E-state index in [1.54, 1.807) is 6.07 Å². The first kappa shape index (κ1) is 11.8. The number of fused-ring (bicyclic) bond motifs is 1. The number of hydrogen-bond acceptors (Lipinski definition) is 3. The second-order valence-corrected chi connectivity index (χ2v) is 5.28. The lowest BCUT2D eigenvalue weighted by atomic mass is 9.83. The molecule has 0 saturated heterocycles. The number of carbonyl (C=O) groups is 1. The Hall–Kier alpha value is -1.71. The van der Waals surface area contributed by atoms with Gasteiger partial charge in [-0.1, -0.05) is 20.8 Å². The van der Waals surface area contributed by atoms with Crippen molar-refractivity contribution >= 4 is 5.97 Å². The molecular formula is C13H16O4. The number of carboxylic acid groups (broad SMARTS) is 1. The van der Waals surface area contributed by atoms with E-state index in [0.717, 1.165) is 0 Å². The number of rotatable bonds is 1. The number of hydrogen-bond donors (Lipinski definition) is 2. The zero-order valence-corrected chi connectivity index (χ0v) is 10.2. The maximum Gasteiger partial charge on any atom is 0.339 e. The molecule has 0 spiro atoms. The molecule has 0 radical (unpaired) electrons. The van der Waals surface area contributed by atoms with Gasteiger partial charge in [0.25, 0.3) is 0 Å². The first-order chi connectivity index (χ1) is 7.82. The van der Waals surface area contributed by atoms with Crippen molar-refractivity contribution < 1.29 is 19.7 Å². The summed E-state index contributed by atoms with van der Waals surface area (Å²) in [6.45, 7) is 6.25. The lowest BCUT2D eigenvalue weighted by molar-refractivity contribution is 0.0692. The molecular weight excluding hydrogens is 220 g/mol. The SMILES string of the molecule is CC(C)(C)c1cc2c(c(C(=O)O)c1O)CCO2. The Morgan fingerprint density at radius 2 is 2.06 bits per heavy atom. The van der Waals surface area contributed by atoms with E-state index in [9.17, 15) is 15.0 Å². The van der Waals surface area contributed by atoms with Gasteiger partial charge in [-0.2, -0.15) is 0 Å². The minimum atomic E-state index is -1.10. The highest BCUT2D eigenvalue weighted by atomic mass is 16.5. The first-order valence-corrected chi connectivity index (χ1v) is 5.58. The minimum absolute atomic E-state index is 0.00933. The van der Waals surface area contributed by atoms with Crippen molar-refractivity contribution in [3.63, 3.8) is 0 Å². The number of phenols is 1. The topological polar surface area (TPSA) is 66.8 Å². The van der Waals surface area contributed by atoms with Gasteiger partial charge in [0.2, 0.25) is 0 Å². The number of ether oxygens (including phenoxy) is 1. The smallest absolute Gasteiger partial charge is 0.339 e. The minimum Gasteiger partial charge on any atom is -0.507 e. The third-order valence-corrected chi connectivity index (χ3v) is 3.00. The number of aromatic carboxylic acids is 1. The second kappa shape index (κ2) is 3.65. The first-order valence-electron chi connectivity index (χ1n) is 5.58. The summed E-state index contributed by atoms with van der Waals surface area (Å²) in [4.78, 5) is 11.2. The third-order valence-electron chi connectivity index (χ3n) is 3.00. The van der Waals surface area contributed by atoms with Gasteiger partial charge >= 0.3 is 5.97 Å². The normalized spacial score (nSPS) is 14.3. The molecule has 1 aliphatic rings. The molecule has 1 aromatic rings. The maximum atomic E-state index is 11.2. The molecule has 2 N–H and O–H groups in total. The molecule has 0 unspecified atom stereocenters. The highest BCUT2D eigenvalue weighted by Gasteiger charge is 2.30. The molecule has 1 heterocycles. The van der Waals surface area contributed by atoms with Gasteiger partial charge in [0.1, 0.15) is 17.1 Å². The zero-order chi connectivity index (χ0) is 12.8.